The summed E-state index contributed by atoms with van der Waals surface area (Å²) in [5.41, 5.74) is -0.119. The van der Waals surface area contributed by atoms with Crippen LogP contribution in [0.4, 0.5) is 0 Å². The second-order valence-electron chi connectivity index (χ2n) is 3.58. The first-order chi connectivity index (χ1) is 6.57. The molecule has 0 spiro atoms. The van der Waals surface area contributed by atoms with Crippen LogP contribution in [0.25, 0.3) is 0 Å². The maximum Gasteiger partial charge on any atom is 0.323 e. The van der Waals surface area contributed by atoms with Crippen LogP contribution >= 0.6 is 0 Å². The highest BCUT2D eigenvalue weighted by atomic mass is 16.5. The second-order valence-corrected chi connectivity index (χ2v) is 3.58. The lowest BCUT2D eigenvalue weighted by Gasteiger charge is -2.21. The Kier molecular flexibility index (Phi) is 3.09. The maximum absolute atomic E-state index is 11.7. The molecule has 0 bridgehead atoms. The van der Waals surface area contributed by atoms with Crippen molar-refractivity contribution in [2.24, 2.45) is 5.41 Å². The van der Waals surface area contributed by atoms with Crippen molar-refractivity contribution in [3.8, 4) is 0 Å². The van der Waals surface area contributed by atoms with Crippen molar-refractivity contribution >= 4 is 11.8 Å². The molecule has 3 heteroatoms. The Balaban J connectivity index is 3.00. The molecule has 0 aromatic heterocycles. The predicted octanol–water partition coefficient (Wildman–Crippen LogP) is 1.86. The first-order valence-corrected chi connectivity index (χ1v) is 4.93. The molecule has 0 N–H and O–H groups in total. The molecule has 14 heavy (non-hydrogen) atoms. The quantitative estimate of drug-likeness (QED) is 0.384. The molecule has 0 saturated heterocycles. The molecule has 0 amide bonds. The van der Waals surface area contributed by atoms with E-state index in [-0.39, 0.29) is 5.78 Å². The summed E-state index contributed by atoms with van der Waals surface area (Å²) in [7, 11) is 0. The molecule has 1 saturated carbocycles. The average molecular weight is 196 g/mol. The van der Waals surface area contributed by atoms with Crippen LogP contribution < -0.4 is 0 Å². The second kappa shape index (κ2) is 3.95. The molecule has 0 heterocycles. The third-order valence-corrected chi connectivity index (χ3v) is 2.85. The van der Waals surface area contributed by atoms with E-state index in [9.17, 15) is 9.59 Å². The van der Waals surface area contributed by atoms with E-state index in [2.05, 4.69) is 0 Å². The standard InChI is InChI=1S/C11H16O3/c1-4-8-6-7-9(12)11(8,3)10(13)14-5-2/h4H,5-7H2,1-3H3/b8-4+/t11-/m0/s1. The molecule has 0 aromatic carbocycles. The fourth-order valence-electron chi connectivity index (χ4n) is 1.88. The Labute approximate surface area is 84.1 Å². The number of allylic oxidation sites excluding steroid dienone is 1. The van der Waals surface area contributed by atoms with E-state index in [1.807, 2.05) is 13.0 Å². The molecule has 0 radical (unpaired) electrons. The van der Waals surface area contributed by atoms with Crippen molar-refractivity contribution < 1.29 is 14.3 Å². The molecule has 78 valence electrons. The minimum Gasteiger partial charge on any atom is -0.465 e. The Hall–Kier alpha value is -1.12. The Bertz CT molecular complexity index is 291. The fraction of sp³-hybridized carbons (Fsp3) is 0.636. The van der Waals surface area contributed by atoms with Crippen molar-refractivity contribution in [2.45, 2.75) is 33.6 Å². The van der Waals surface area contributed by atoms with Crippen molar-refractivity contribution in [3.05, 3.63) is 11.6 Å². The number of Topliss-reactive ketones (excluding diaryl/α,β-unsaturated/α-hetero) is 1. The monoisotopic (exact) mass is 196 g/mol. The molecule has 1 aliphatic carbocycles. The fourth-order valence-corrected chi connectivity index (χ4v) is 1.88. The predicted molar refractivity (Wildman–Crippen MR) is 52.7 cm³/mol. The highest BCUT2D eigenvalue weighted by Crippen LogP contribution is 2.40. The number of rotatable bonds is 2. The van der Waals surface area contributed by atoms with Crippen LogP contribution in [0.15, 0.2) is 11.6 Å². The highest BCUT2D eigenvalue weighted by Gasteiger charge is 2.48. The van der Waals surface area contributed by atoms with Crippen LogP contribution in [-0.2, 0) is 14.3 Å². The topological polar surface area (TPSA) is 43.4 Å². The maximum atomic E-state index is 11.7. The van der Waals surface area contributed by atoms with Gasteiger partial charge in [0.25, 0.3) is 0 Å². The smallest absolute Gasteiger partial charge is 0.323 e. The van der Waals surface area contributed by atoms with Crippen LogP contribution in [0.3, 0.4) is 0 Å². The number of carbonyl (C=O) groups is 2. The van der Waals surface area contributed by atoms with Crippen molar-refractivity contribution in [3.63, 3.8) is 0 Å². The van der Waals surface area contributed by atoms with Crippen LogP contribution in [-0.4, -0.2) is 18.4 Å². The zero-order chi connectivity index (χ0) is 10.8. The van der Waals surface area contributed by atoms with E-state index >= 15 is 0 Å². The third-order valence-electron chi connectivity index (χ3n) is 2.85. The van der Waals surface area contributed by atoms with E-state index in [1.165, 1.54) is 0 Å². The molecular formula is C11H16O3. The lowest BCUT2D eigenvalue weighted by Crippen LogP contribution is -2.35. The first kappa shape index (κ1) is 11.0. The van der Waals surface area contributed by atoms with Crippen LogP contribution in [0.2, 0.25) is 0 Å². The highest BCUT2D eigenvalue weighted by molar-refractivity contribution is 6.08. The number of ether oxygens (including phenoxy) is 1. The van der Waals surface area contributed by atoms with Gasteiger partial charge in [-0.2, -0.15) is 0 Å². The van der Waals surface area contributed by atoms with Gasteiger partial charge in [-0.05, 0) is 32.8 Å². The van der Waals surface area contributed by atoms with E-state index < -0.39 is 11.4 Å². The Morgan fingerprint density at radius 1 is 1.57 bits per heavy atom. The molecule has 3 nitrogen and oxygen atoms in total. The van der Waals surface area contributed by atoms with Gasteiger partial charge in [0.2, 0.25) is 0 Å². The van der Waals surface area contributed by atoms with Crippen molar-refractivity contribution in [1.82, 2.24) is 0 Å². The van der Waals surface area contributed by atoms with Gasteiger partial charge in [-0.15, -0.1) is 0 Å². The summed E-state index contributed by atoms with van der Waals surface area (Å²) in [6.45, 7) is 5.58. The number of hydrogen-bond acceptors (Lipinski definition) is 3. The van der Waals surface area contributed by atoms with Gasteiger partial charge in [0.15, 0.2) is 5.78 Å². The zero-order valence-electron chi connectivity index (χ0n) is 8.92. The third kappa shape index (κ3) is 1.47. The summed E-state index contributed by atoms with van der Waals surface area (Å²) in [5, 5.41) is 0. The molecule has 0 aromatic rings. The number of ketones is 1. The van der Waals surface area contributed by atoms with Gasteiger partial charge in [0.1, 0.15) is 5.41 Å². The van der Waals surface area contributed by atoms with Gasteiger partial charge >= 0.3 is 5.97 Å². The summed E-state index contributed by atoms with van der Waals surface area (Å²) in [6, 6.07) is 0. The number of hydrogen-bond donors (Lipinski definition) is 0. The molecular weight excluding hydrogens is 180 g/mol. The van der Waals surface area contributed by atoms with Crippen LogP contribution in [0, 0.1) is 5.41 Å². The first-order valence-electron chi connectivity index (χ1n) is 4.93. The normalized spacial score (nSPS) is 29.6. The van der Waals surface area contributed by atoms with Crippen molar-refractivity contribution in [2.75, 3.05) is 6.61 Å². The largest absolute Gasteiger partial charge is 0.465 e. The lowest BCUT2D eigenvalue weighted by atomic mass is 9.83. The average Bonchev–Trinajstić information content (AvgIpc) is 2.45. The van der Waals surface area contributed by atoms with E-state index in [0.29, 0.717) is 19.4 Å². The SMILES string of the molecule is C/C=C1\CCC(=O)[C@@]1(C)C(=O)OCC. The van der Waals surface area contributed by atoms with Gasteiger partial charge in [0.05, 0.1) is 6.61 Å². The minimum atomic E-state index is -1.01. The van der Waals surface area contributed by atoms with Crippen LogP contribution in [0.1, 0.15) is 33.6 Å². The number of esters is 1. The van der Waals surface area contributed by atoms with E-state index in [4.69, 9.17) is 4.74 Å². The summed E-state index contributed by atoms with van der Waals surface area (Å²) < 4.78 is 4.93. The van der Waals surface area contributed by atoms with Gasteiger partial charge < -0.3 is 4.74 Å². The van der Waals surface area contributed by atoms with E-state index in [1.54, 1.807) is 13.8 Å². The van der Waals surface area contributed by atoms with Gasteiger partial charge in [-0.1, -0.05) is 6.08 Å². The summed E-state index contributed by atoms with van der Waals surface area (Å²) in [4.78, 5) is 23.3. The molecule has 1 rings (SSSR count). The summed E-state index contributed by atoms with van der Waals surface area (Å²) in [5.74, 6) is -0.431. The summed E-state index contributed by atoms with van der Waals surface area (Å²) in [6.07, 6.45) is 2.99. The molecule has 1 aliphatic rings. The van der Waals surface area contributed by atoms with Crippen molar-refractivity contribution in [1.29, 1.82) is 0 Å². The minimum absolute atomic E-state index is 0.0240. The summed E-state index contributed by atoms with van der Waals surface area (Å²) >= 11 is 0. The molecule has 1 fully saturated rings. The van der Waals surface area contributed by atoms with Crippen LogP contribution in [0.5, 0.6) is 0 Å². The van der Waals surface area contributed by atoms with Gasteiger partial charge in [0, 0.05) is 6.42 Å². The molecule has 0 unspecified atom stereocenters. The van der Waals surface area contributed by atoms with Gasteiger partial charge in [-0.25, -0.2) is 0 Å². The van der Waals surface area contributed by atoms with E-state index in [0.717, 1.165) is 5.57 Å². The lowest BCUT2D eigenvalue weighted by molar-refractivity contribution is -0.155. The number of carbonyl (C=O) groups excluding carboxylic acids is 2. The Morgan fingerprint density at radius 2 is 2.21 bits per heavy atom. The molecule has 1 atom stereocenters. The molecule has 0 aliphatic heterocycles. The van der Waals surface area contributed by atoms with Gasteiger partial charge in [-0.3, -0.25) is 9.59 Å². The Morgan fingerprint density at radius 3 is 2.71 bits per heavy atom. The zero-order valence-corrected chi connectivity index (χ0v) is 8.92.